The van der Waals surface area contributed by atoms with Crippen LogP contribution >= 0.6 is 15.9 Å². The molecular formula is C16H23BrN2O3. The highest BCUT2D eigenvalue weighted by Gasteiger charge is 2.24. The van der Waals surface area contributed by atoms with E-state index in [1.807, 2.05) is 45.0 Å². The molecular weight excluding hydrogens is 348 g/mol. The summed E-state index contributed by atoms with van der Waals surface area (Å²) in [6.45, 7) is 7.93. The minimum Gasteiger partial charge on any atom is -0.461 e. The van der Waals surface area contributed by atoms with E-state index in [9.17, 15) is 4.79 Å². The predicted octanol–water partition coefficient (Wildman–Crippen LogP) is 3.05. The topological polar surface area (TPSA) is 73.9 Å². The van der Waals surface area contributed by atoms with Crippen LogP contribution in [0.3, 0.4) is 0 Å². The van der Waals surface area contributed by atoms with Crippen molar-refractivity contribution in [2.45, 2.75) is 46.1 Å². The zero-order chi connectivity index (χ0) is 16.8. The Kier molecular flexibility index (Phi) is 7.19. The first kappa shape index (κ1) is 18.8. The highest BCUT2D eigenvalue weighted by Crippen LogP contribution is 2.14. The van der Waals surface area contributed by atoms with Gasteiger partial charge in [-0.3, -0.25) is 4.99 Å². The first-order valence-corrected chi connectivity index (χ1v) is 7.90. The van der Waals surface area contributed by atoms with E-state index in [2.05, 4.69) is 20.9 Å². The molecule has 0 aliphatic rings. The molecule has 0 amide bonds. The third kappa shape index (κ3) is 6.68. The molecule has 1 aromatic rings. The number of carbonyl (C=O) groups excluding carboxylic acids is 1. The van der Waals surface area contributed by atoms with E-state index in [0.717, 1.165) is 10.0 Å². The lowest BCUT2D eigenvalue weighted by Gasteiger charge is -2.20. The Labute approximate surface area is 140 Å². The molecule has 122 valence electrons. The molecule has 0 heterocycles. The maximum absolute atomic E-state index is 12.0. The van der Waals surface area contributed by atoms with Crippen LogP contribution in [0.5, 0.6) is 0 Å². The number of halogens is 1. The number of esters is 1. The zero-order valence-electron chi connectivity index (χ0n) is 13.4. The maximum Gasteiger partial charge on any atom is 0.356 e. The van der Waals surface area contributed by atoms with Gasteiger partial charge in [0.1, 0.15) is 0 Å². The molecule has 6 heteroatoms. The number of ether oxygens (including phenoxy) is 2. The number of nitrogens with zero attached hydrogens (tertiary/aromatic N) is 1. The molecule has 1 aromatic carbocycles. The second-order valence-electron chi connectivity index (χ2n) is 5.75. The molecule has 0 saturated carbocycles. The minimum absolute atomic E-state index is 0.101. The van der Waals surface area contributed by atoms with Crippen molar-refractivity contribution in [2.24, 2.45) is 10.7 Å². The number of rotatable bonds is 6. The van der Waals surface area contributed by atoms with Crippen molar-refractivity contribution in [3.8, 4) is 0 Å². The van der Waals surface area contributed by atoms with Crippen LogP contribution in [0.25, 0.3) is 0 Å². The van der Waals surface area contributed by atoms with Gasteiger partial charge in [-0.25, -0.2) is 4.79 Å². The maximum atomic E-state index is 12.0. The largest absolute Gasteiger partial charge is 0.461 e. The van der Waals surface area contributed by atoms with Crippen molar-refractivity contribution in [3.05, 3.63) is 34.3 Å². The fourth-order valence-electron chi connectivity index (χ4n) is 1.68. The SMILES string of the molecule is CCOC(=O)C(=NC(C)(C)C)C(N)OCc1cccc(Br)c1. The zero-order valence-corrected chi connectivity index (χ0v) is 15.0. The first-order chi connectivity index (χ1) is 10.2. The van der Waals surface area contributed by atoms with Crippen molar-refractivity contribution < 1.29 is 14.3 Å². The summed E-state index contributed by atoms with van der Waals surface area (Å²) in [4.78, 5) is 16.3. The number of hydrogen-bond acceptors (Lipinski definition) is 5. The van der Waals surface area contributed by atoms with Crippen molar-refractivity contribution in [3.63, 3.8) is 0 Å². The van der Waals surface area contributed by atoms with E-state index in [-0.39, 0.29) is 18.9 Å². The number of hydrogen-bond donors (Lipinski definition) is 1. The van der Waals surface area contributed by atoms with Crippen LogP contribution < -0.4 is 5.73 Å². The molecule has 2 N–H and O–H groups in total. The van der Waals surface area contributed by atoms with Crippen LogP contribution in [0.4, 0.5) is 0 Å². The monoisotopic (exact) mass is 370 g/mol. The Bertz CT molecular complexity index is 538. The van der Waals surface area contributed by atoms with E-state index in [0.29, 0.717) is 0 Å². The van der Waals surface area contributed by atoms with Crippen molar-refractivity contribution in [2.75, 3.05) is 6.61 Å². The van der Waals surface area contributed by atoms with Gasteiger partial charge in [0.2, 0.25) is 0 Å². The summed E-state index contributed by atoms with van der Waals surface area (Å²) >= 11 is 3.40. The van der Waals surface area contributed by atoms with Gasteiger partial charge in [0.25, 0.3) is 0 Å². The van der Waals surface area contributed by atoms with Crippen molar-refractivity contribution in [1.82, 2.24) is 0 Å². The second kappa shape index (κ2) is 8.41. The smallest absolute Gasteiger partial charge is 0.356 e. The fraction of sp³-hybridized carbons (Fsp3) is 0.500. The highest BCUT2D eigenvalue weighted by molar-refractivity contribution is 9.10. The summed E-state index contributed by atoms with van der Waals surface area (Å²) in [6.07, 6.45) is -0.933. The summed E-state index contributed by atoms with van der Waals surface area (Å²) < 4.78 is 11.5. The molecule has 22 heavy (non-hydrogen) atoms. The molecule has 0 bridgehead atoms. The molecule has 0 aromatic heterocycles. The molecule has 0 saturated heterocycles. The molecule has 0 spiro atoms. The highest BCUT2D eigenvalue weighted by atomic mass is 79.9. The molecule has 0 fully saturated rings. The normalized spacial score (nSPS) is 13.8. The molecule has 5 nitrogen and oxygen atoms in total. The third-order valence-corrected chi connectivity index (χ3v) is 3.02. The van der Waals surface area contributed by atoms with Gasteiger partial charge in [-0.05, 0) is 45.4 Å². The second-order valence-corrected chi connectivity index (χ2v) is 6.67. The molecule has 0 radical (unpaired) electrons. The fourth-order valence-corrected chi connectivity index (χ4v) is 2.13. The third-order valence-electron chi connectivity index (χ3n) is 2.53. The Hall–Kier alpha value is -1.24. The number of nitrogens with two attached hydrogens (primary N) is 1. The standard InChI is InChI=1S/C16H23BrN2O3/c1-5-21-15(20)13(19-16(2,3)4)14(18)22-10-11-7-6-8-12(17)9-11/h6-9,14H,5,10,18H2,1-4H3. The van der Waals surface area contributed by atoms with Crippen LogP contribution in [0.1, 0.15) is 33.3 Å². The van der Waals surface area contributed by atoms with Crippen LogP contribution in [0.15, 0.2) is 33.7 Å². The average molecular weight is 371 g/mol. The van der Waals surface area contributed by atoms with Gasteiger partial charge in [0.15, 0.2) is 11.9 Å². The van der Waals surface area contributed by atoms with Crippen LogP contribution in [0, 0.1) is 0 Å². The van der Waals surface area contributed by atoms with E-state index in [1.54, 1.807) is 6.92 Å². The molecule has 0 aliphatic carbocycles. The van der Waals surface area contributed by atoms with Gasteiger partial charge in [0, 0.05) is 4.47 Å². The van der Waals surface area contributed by atoms with E-state index in [4.69, 9.17) is 15.2 Å². The molecule has 1 atom stereocenters. The van der Waals surface area contributed by atoms with Crippen LogP contribution in [0.2, 0.25) is 0 Å². The van der Waals surface area contributed by atoms with Gasteiger partial charge in [-0.15, -0.1) is 0 Å². The van der Waals surface area contributed by atoms with Gasteiger partial charge in [0.05, 0.1) is 18.8 Å². The quantitative estimate of drug-likeness (QED) is 0.474. The Morgan fingerprint density at radius 2 is 2.09 bits per heavy atom. The van der Waals surface area contributed by atoms with Crippen molar-refractivity contribution >= 4 is 27.6 Å². The van der Waals surface area contributed by atoms with Gasteiger partial charge < -0.3 is 15.2 Å². The molecule has 0 aliphatic heterocycles. The summed E-state index contributed by atoms with van der Waals surface area (Å²) in [5.41, 5.74) is 6.58. The van der Waals surface area contributed by atoms with Crippen molar-refractivity contribution in [1.29, 1.82) is 0 Å². The Balaban J connectivity index is 2.81. The van der Waals surface area contributed by atoms with E-state index < -0.39 is 17.7 Å². The lowest BCUT2D eigenvalue weighted by molar-refractivity contribution is -0.135. The summed E-state index contributed by atoms with van der Waals surface area (Å²) in [5, 5.41) is 0. The van der Waals surface area contributed by atoms with Gasteiger partial charge >= 0.3 is 5.97 Å². The number of benzene rings is 1. The van der Waals surface area contributed by atoms with Crippen LogP contribution in [-0.2, 0) is 20.9 Å². The van der Waals surface area contributed by atoms with E-state index in [1.165, 1.54) is 0 Å². The van der Waals surface area contributed by atoms with E-state index >= 15 is 0 Å². The average Bonchev–Trinajstić information content (AvgIpc) is 2.41. The Morgan fingerprint density at radius 1 is 1.41 bits per heavy atom. The lowest BCUT2D eigenvalue weighted by atomic mass is 10.1. The summed E-state index contributed by atoms with van der Waals surface area (Å²) in [6, 6.07) is 7.68. The predicted molar refractivity (Wildman–Crippen MR) is 90.7 cm³/mol. The summed E-state index contributed by atoms with van der Waals surface area (Å²) in [7, 11) is 0. The molecule has 1 unspecified atom stereocenters. The Morgan fingerprint density at radius 3 is 2.64 bits per heavy atom. The summed E-state index contributed by atoms with van der Waals surface area (Å²) in [5.74, 6) is -0.542. The van der Waals surface area contributed by atoms with Crippen LogP contribution in [-0.4, -0.2) is 30.1 Å². The number of carbonyl (C=O) groups is 1. The minimum atomic E-state index is -0.933. The van der Waals surface area contributed by atoms with Gasteiger partial charge in [-0.2, -0.15) is 0 Å². The van der Waals surface area contributed by atoms with Gasteiger partial charge in [-0.1, -0.05) is 28.1 Å². The lowest BCUT2D eigenvalue weighted by Crippen LogP contribution is -2.41. The first-order valence-electron chi connectivity index (χ1n) is 7.11. The number of aliphatic imine (C=N–C) groups is 1. The molecule has 1 rings (SSSR count).